The van der Waals surface area contributed by atoms with Crippen molar-refractivity contribution in [1.29, 1.82) is 0 Å². The number of fused-ring (bicyclic) bond motifs is 1. The van der Waals surface area contributed by atoms with Gasteiger partial charge in [-0.05, 0) is 61.4 Å². The van der Waals surface area contributed by atoms with Crippen molar-refractivity contribution >= 4 is 23.0 Å². The molecule has 1 aliphatic heterocycles. The number of anilines is 3. The molecule has 4 rings (SSSR count). The van der Waals surface area contributed by atoms with Gasteiger partial charge in [0.15, 0.2) is 0 Å². The van der Waals surface area contributed by atoms with Gasteiger partial charge in [-0.2, -0.15) is 13.2 Å². The number of hydrogen-bond acceptors (Lipinski definition) is 4. The summed E-state index contributed by atoms with van der Waals surface area (Å²) in [4.78, 5) is 20.9. The molecule has 5 nitrogen and oxygen atoms in total. The molecule has 0 bridgehead atoms. The highest BCUT2D eigenvalue weighted by atomic mass is 19.4. The average Bonchev–Trinajstić information content (AvgIpc) is 2.78. The summed E-state index contributed by atoms with van der Waals surface area (Å²) in [6.45, 7) is 3.58. The van der Waals surface area contributed by atoms with Crippen LogP contribution in [0.25, 0.3) is 0 Å². The van der Waals surface area contributed by atoms with E-state index in [0.29, 0.717) is 40.6 Å². The fourth-order valence-electron chi connectivity index (χ4n) is 3.95. The van der Waals surface area contributed by atoms with Gasteiger partial charge in [0.05, 0.1) is 35.3 Å². The molecule has 0 saturated heterocycles. The van der Waals surface area contributed by atoms with Crippen LogP contribution in [-0.2, 0) is 12.6 Å². The van der Waals surface area contributed by atoms with E-state index in [9.17, 15) is 22.4 Å². The Balaban J connectivity index is 1.91. The zero-order chi connectivity index (χ0) is 23.9. The van der Waals surface area contributed by atoms with Gasteiger partial charge < -0.3 is 9.64 Å². The van der Waals surface area contributed by atoms with Crippen LogP contribution in [0.3, 0.4) is 0 Å². The number of carbonyl (C=O) groups is 1. The van der Waals surface area contributed by atoms with Crippen molar-refractivity contribution in [2.75, 3.05) is 23.6 Å². The number of rotatable bonds is 4. The lowest BCUT2D eigenvalue weighted by molar-refractivity contribution is -0.137. The van der Waals surface area contributed by atoms with Crippen LogP contribution < -0.4 is 14.5 Å². The van der Waals surface area contributed by atoms with Crippen LogP contribution in [0.5, 0.6) is 5.88 Å². The summed E-state index contributed by atoms with van der Waals surface area (Å²) in [6.07, 6.45) is -4.13. The molecule has 1 amide bonds. The molecule has 172 valence electrons. The van der Waals surface area contributed by atoms with E-state index in [0.717, 1.165) is 12.1 Å². The van der Waals surface area contributed by atoms with Crippen LogP contribution >= 0.6 is 0 Å². The summed E-state index contributed by atoms with van der Waals surface area (Å²) in [7, 11) is 1.47. The predicted octanol–water partition coefficient (Wildman–Crippen LogP) is 5.87. The van der Waals surface area contributed by atoms with Gasteiger partial charge in [0.2, 0.25) is 5.88 Å². The van der Waals surface area contributed by atoms with Gasteiger partial charge in [-0.25, -0.2) is 9.37 Å². The monoisotopic (exact) mass is 459 g/mol. The molecule has 0 aliphatic carbocycles. The molecule has 3 aromatic rings. The second kappa shape index (κ2) is 8.38. The molecule has 0 radical (unpaired) electrons. The summed E-state index contributed by atoms with van der Waals surface area (Å²) in [5, 5.41) is 0. The summed E-state index contributed by atoms with van der Waals surface area (Å²) in [6, 6.07) is 10.5. The minimum atomic E-state index is -4.61. The van der Waals surface area contributed by atoms with Gasteiger partial charge in [-0.15, -0.1) is 0 Å². The number of amides is 1. The Morgan fingerprint density at radius 3 is 2.33 bits per heavy atom. The van der Waals surface area contributed by atoms with Crippen molar-refractivity contribution in [3.63, 3.8) is 0 Å². The second-order valence-corrected chi connectivity index (χ2v) is 7.64. The third-order valence-electron chi connectivity index (χ3n) is 5.58. The second-order valence-electron chi connectivity index (χ2n) is 7.64. The number of nitrogens with zero attached hydrogens (tertiary/aromatic N) is 3. The molecular formula is C24H21F4N3O2. The van der Waals surface area contributed by atoms with Gasteiger partial charge in [0.1, 0.15) is 12.5 Å². The van der Waals surface area contributed by atoms with Gasteiger partial charge in [0, 0.05) is 11.8 Å². The van der Waals surface area contributed by atoms with Crippen molar-refractivity contribution in [2.45, 2.75) is 26.4 Å². The lowest BCUT2D eigenvalue weighted by Crippen LogP contribution is -2.45. The highest BCUT2D eigenvalue weighted by molar-refractivity contribution is 6.13. The minimum Gasteiger partial charge on any atom is -0.481 e. The number of ether oxygens (including phenoxy) is 1. The molecule has 2 heterocycles. The molecule has 0 atom stereocenters. The molecule has 0 spiro atoms. The number of aryl methyl sites for hydroxylation is 2. The normalized spacial score (nSPS) is 13.8. The van der Waals surface area contributed by atoms with E-state index in [-0.39, 0.29) is 12.2 Å². The Morgan fingerprint density at radius 2 is 1.70 bits per heavy atom. The summed E-state index contributed by atoms with van der Waals surface area (Å²) >= 11 is 0. The number of alkyl halides is 3. The lowest BCUT2D eigenvalue weighted by atomic mass is 10.0. The van der Waals surface area contributed by atoms with Gasteiger partial charge in [0.25, 0.3) is 5.91 Å². The van der Waals surface area contributed by atoms with Crippen molar-refractivity contribution in [3.8, 4) is 5.88 Å². The molecule has 0 N–H and O–H groups in total. The maximum Gasteiger partial charge on any atom is 0.416 e. The van der Waals surface area contributed by atoms with E-state index in [1.165, 1.54) is 30.2 Å². The van der Waals surface area contributed by atoms with E-state index in [4.69, 9.17) is 4.74 Å². The van der Waals surface area contributed by atoms with Crippen LogP contribution in [0.4, 0.5) is 34.6 Å². The van der Waals surface area contributed by atoms with Gasteiger partial charge >= 0.3 is 6.18 Å². The fraction of sp³-hybridized carbons (Fsp3) is 0.250. The first-order valence-corrected chi connectivity index (χ1v) is 10.2. The van der Waals surface area contributed by atoms with Crippen molar-refractivity contribution in [1.82, 2.24) is 4.98 Å². The highest BCUT2D eigenvalue weighted by Gasteiger charge is 2.37. The Kier molecular flexibility index (Phi) is 5.73. The number of carbonyl (C=O) groups excluding carboxylic acids is 1. The van der Waals surface area contributed by atoms with E-state index in [2.05, 4.69) is 4.98 Å². The Bertz CT molecular complexity index is 1230. The van der Waals surface area contributed by atoms with Crippen LogP contribution in [0.2, 0.25) is 0 Å². The first kappa shape index (κ1) is 22.6. The number of hydrogen-bond donors (Lipinski definition) is 0. The highest BCUT2D eigenvalue weighted by Crippen LogP contribution is 2.41. The molecule has 2 aromatic carbocycles. The maximum absolute atomic E-state index is 13.7. The van der Waals surface area contributed by atoms with E-state index in [1.54, 1.807) is 30.0 Å². The zero-order valence-corrected chi connectivity index (χ0v) is 18.2. The van der Waals surface area contributed by atoms with Crippen molar-refractivity contribution in [2.24, 2.45) is 0 Å². The lowest BCUT2D eigenvalue weighted by Gasteiger charge is -2.39. The van der Waals surface area contributed by atoms with Crippen molar-refractivity contribution in [3.05, 3.63) is 76.7 Å². The van der Waals surface area contributed by atoms with Gasteiger partial charge in [-0.3, -0.25) is 9.69 Å². The maximum atomic E-state index is 13.7. The number of benzene rings is 2. The van der Waals surface area contributed by atoms with E-state index >= 15 is 0 Å². The van der Waals surface area contributed by atoms with Crippen molar-refractivity contribution < 1.29 is 27.1 Å². The number of halogens is 4. The molecule has 1 aliphatic rings. The van der Waals surface area contributed by atoms with Crippen LogP contribution in [0, 0.1) is 12.7 Å². The number of methoxy groups -OCH3 is 1. The molecule has 1 aromatic heterocycles. The molecule has 0 saturated carbocycles. The Morgan fingerprint density at radius 1 is 1.00 bits per heavy atom. The standard InChI is InChI=1S/C24H21F4N3O2/c1-4-18-21(9-10-22(29-18)33-3)31-13-30(19-8-6-16(25)11-14(19)2)20-7-5-15(24(26,27)28)12-17(20)23(31)32/h5-12H,4,13H2,1-3H3. The average molecular weight is 459 g/mol. The largest absolute Gasteiger partial charge is 0.481 e. The first-order valence-electron chi connectivity index (χ1n) is 10.2. The summed E-state index contributed by atoms with van der Waals surface area (Å²) < 4.78 is 59.2. The number of pyridine rings is 1. The summed E-state index contributed by atoms with van der Waals surface area (Å²) in [5.74, 6) is -0.638. The molecule has 9 heteroatoms. The van der Waals surface area contributed by atoms with E-state index < -0.39 is 23.5 Å². The zero-order valence-electron chi connectivity index (χ0n) is 18.2. The SMILES string of the molecule is CCc1nc(OC)ccc1N1CN(c2ccc(F)cc2C)c2ccc(C(F)(F)F)cc2C1=O. The van der Waals surface area contributed by atoms with E-state index in [1.807, 2.05) is 6.92 Å². The first-order chi connectivity index (χ1) is 15.6. The molecule has 0 unspecified atom stereocenters. The molecule has 33 heavy (non-hydrogen) atoms. The van der Waals surface area contributed by atoms with Gasteiger partial charge in [-0.1, -0.05) is 6.92 Å². The quantitative estimate of drug-likeness (QED) is 0.458. The smallest absolute Gasteiger partial charge is 0.416 e. The Labute approximate surface area is 188 Å². The summed E-state index contributed by atoms with van der Waals surface area (Å²) in [5.41, 5.74) is 1.49. The third kappa shape index (κ3) is 4.10. The molecule has 0 fully saturated rings. The predicted molar refractivity (Wildman–Crippen MR) is 117 cm³/mol. The van der Waals surface area contributed by atoms with Crippen LogP contribution in [-0.4, -0.2) is 24.7 Å². The van der Waals surface area contributed by atoms with Crippen LogP contribution in [0.15, 0.2) is 48.5 Å². The fourth-order valence-corrected chi connectivity index (χ4v) is 3.95. The molecular weight excluding hydrogens is 438 g/mol. The van der Waals surface area contributed by atoms with Crippen LogP contribution in [0.1, 0.15) is 34.1 Å². The minimum absolute atomic E-state index is 0.0185. The third-order valence-corrected chi connectivity index (χ3v) is 5.58. The Hall–Kier alpha value is -3.62. The topological polar surface area (TPSA) is 45.7 Å². The number of aromatic nitrogens is 1.